The van der Waals surface area contributed by atoms with Crippen molar-refractivity contribution in [2.45, 2.75) is 39.3 Å². The van der Waals surface area contributed by atoms with E-state index in [-0.39, 0.29) is 0 Å². The van der Waals surface area contributed by atoms with Crippen molar-refractivity contribution in [1.29, 1.82) is 0 Å². The average molecular weight is 215 g/mol. The van der Waals surface area contributed by atoms with Crippen LogP contribution in [0.4, 0.5) is 9.59 Å². The number of carbonyl (C=O) groups is 3. The van der Waals surface area contributed by atoms with E-state index in [1.807, 2.05) is 0 Å². The zero-order chi connectivity index (χ0) is 11.8. The highest BCUT2D eigenvalue weighted by Gasteiger charge is 2.44. The maximum absolute atomic E-state index is 11.5. The van der Waals surface area contributed by atoms with Gasteiger partial charge < -0.3 is 9.47 Å². The molecule has 0 aromatic rings. The lowest BCUT2D eigenvalue weighted by Crippen LogP contribution is -2.41. The first-order valence-electron chi connectivity index (χ1n) is 4.50. The first-order chi connectivity index (χ1) is 6.72. The molecule has 0 bridgehead atoms. The molecule has 1 aliphatic rings. The number of cyclic esters (lactones) is 2. The molecule has 0 radical (unpaired) electrons. The molecule has 6 heteroatoms. The summed E-state index contributed by atoms with van der Waals surface area (Å²) in [6, 6.07) is -0.924. The van der Waals surface area contributed by atoms with Crippen molar-refractivity contribution < 1.29 is 23.9 Å². The van der Waals surface area contributed by atoms with Crippen LogP contribution < -0.4 is 0 Å². The van der Waals surface area contributed by atoms with Crippen LogP contribution in [0.3, 0.4) is 0 Å². The lowest BCUT2D eigenvalue weighted by Gasteiger charge is -2.23. The molecule has 0 unspecified atom stereocenters. The maximum atomic E-state index is 11.5. The van der Waals surface area contributed by atoms with Crippen LogP contribution in [0, 0.1) is 0 Å². The quantitative estimate of drug-likeness (QED) is 0.449. The molecule has 2 amide bonds. The summed E-state index contributed by atoms with van der Waals surface area (Å²) in [5.41, 5.74) is -0.720. The van der Waals surface area contributed by atoms with Gasteiger partial charge in [0.1, 0.15) is 11.6 Å². The Kier molecular flexibility index (Phi) is 2.70. The van der Waals surface area contributed by atoms with Crippen LogP contribution in [0.1, 0.15) is 27.7 Å². The molecular weight excluding hydrogens is 202 g/mol. The summed E-state index contributed by atoms with van der Waals surface area (Å²) in [6.07, 6.45) is -1.85. The highest BCUT2D eigenvalue weighted by atomic mass is 16.6. The van der Waals surface area contributed by atoms with Crippen LogP contribution in [-0.4, -0.2) is 34.7 Å². The molecule has 0 aliphatic carbocycles. The normalized spacial score (nSPS) is 21.6. The summed E-state index contributed by atoms with van der Waals surface area (Å²) < 4.78 is 9.21. The highest BCUT2D eigenvalue weighted by molar-refractivity contribution is 6.03. The Bertz CT molecular complexity index is 317. The van der Waals surface area contributed by atoms with Gasteiger partial charge >= 0.3 is 18.2 Å². The molecule has 1 aliphatic heterocycles. The van der Waals surface area contributed by atoms with Gasteiger partial charge in [0.05, 0.1) is 0 Å². The van der Waals surface area contributed by atoms with Crippen molar-refractivity contribution in [3.05, 3.63) is 0 Å². The highest BCUT2D eigenvalue weighted by Crippen LogP contribution is 2.18. The first-order valence-corrected chi connectivity index (χ1v) is 4.50. The van der Waals surface area contributed by atoms with E-state index in [0.29, 0.717) is 4.90 Å². The van der Waals surface area contributed by atoms with Gasteiger partial charge in [-0.3, -0.25) is 0 Å². The molecule has 0 N–H and O–H groups in total. The van der Waals surface area contributed by atoms with Gasteiger partial charge in [-0.05, 0) is 27.7 Å². The first kappa shape index (κ1) is 11.5. The van der Waals surface area contributed by atoms with Crippen molar-refractivity contribution in [2.75, 3.05) is 0 Å². The van der Waals surface area contributed by atoms with Crippen molar-refractivity contribution in [3.8, 4) is 0 Å². The maximum Gasteiger partial charge on any atom is 0.427 e. The molecule has 1 rings (SSSR count). The van der Waals surface area contributed by atoms with E-state index < -0.39 is 29.8 Å². The number of amides is 2. The van der Waals surface area contributed by atoms with Crippen molar-refractivity contribution >= 4 is 18.2 Å². The van der Waals surface area contributed by atoms with E-state index in [1.165, 1.54) is 6.92 Å². The number of hydrogen-bond donors (Lipinski definition) is 0. The second-order valence-electron chi connectivity index (χ2n) is 4.21. The van der Waals surface area contributed by atoms with E-state index in [0.717, 1.165) is 0 Å². The minimum Gasteiger partial charge on any atom is -0.443 e. The standard InChI is InChI=1S/C9H13NO5/c1-5-6(11)14-7(12)10(5)8(13)15-9(2,3)4/h5H,1-4H3/t5-/m1/s1. The van der Waals surface area contributed by atoms with Crippen molar-refractivity contribution in [2.24, 2.45) is 0 Å². The Balaban J connectivity index is 2.76. The number of ether oxygens (including phenoxy) is 2. The van der Waals surface area contributed by atoms with Gasteiger partial charge in [0.25, 0.3) is 0 Å². The molecule has 6 nitrogen and oxygen atoms in total. The van der Waals surface area contributed by atoms with E-state index in [4.69, 9.17) is 4.74 Å². The van der Waals surface area contributed by atoms with E-state index in [9.17, 15) is 14.4 Å². The minimum atomic E-state index is -0.984. The van der Waals surface area contributed by atoms with Gasteiger partial charge in [0.2, 0.25) is 0 Å². The molecule has 1 saturated heterocycles. The topological polar surface area (TPSA) is 72.9 Å². The predicted molar refractivity (Wildman–Crippen MR) is 49.0 cm³/mol. The fourth-order valence-electron chi connectivity index (χ4n) is 1.03. The smallest absolute Gasteiger partial charge is 0.427 e. The summed E-state index contributed by atoms with van der Waals surface area (Å²) >= 11 is 0. The third-order valence-electron chi connectivity index (χ3n) is 1.70. The summed E-state index contributed by atoms with van der Waals surface area (Å²) in [6.45, 7) is 6.40. The van der Waals surface area contributed by atoms with Crippen LogP contribution in [-0.2, 0) is 14.3 Å². The number of carbonyl (C=O) groups excluding carboxylic acids is 3. The second-order valence-corrected chi connectivity index (χ2v) is 4.21. The molecule has 1 atom stereocenters. The minimum absolute atomic E-state index is 0.660. The van der Waals surface area contributed by atoms with E-state index >= 15 is 0 Å². The lowest BCUT2D eigenvalue weighted by atomic mass is 10.2. The second kappa shape index (κ2) is 3.52. The van der Waals surface area contributed by atoms with Gasteiger partial charge in [0, 0.05) is 0 Å². The zero-order valence-corrected chi connectivity index (χ0v) is 9.07. The molecule has 0 aromatic heterocycles. The average Bonchev–Trinajstić information content (AvgIpc) is 2.22. The van der Waals surface area contributed by atoms with Crippen LogP contribution in [0.5, 0.6) is 0 Å². The van der Waals surface area contributed by atoms with Gasteiger partial charge in [0.15, 0.2) is 0 Å². The monoisotopic (exact) mass is 215 g/mol. The third kappa shape index (κ3) is 2.45. The van der Waals surface area contributed by atoms with Crippen LogP contribution >= 0.6 is 0 Å². The van der Waals surface area contributed by atoms with Crippen LogP contribution in [0.25, 0.3) is 0 Å². The van der Waals surface area contributed by atoms with Gasteiger partial charge in [-0.2, -0.15) is 4.90 Å². The fraction of sp³-hybridized carbons (Fsp3) is 0.667. The number of nitrogens with zero attached hydrogens (tertiary/aromatic N) is 1. The number of esters is 1. The van der Waals surface area contributed by atoms with Crippen molar-refractivity contribution in [1.82, 2.24) is 4.90 Å². The van der Waals surface area contributed by atoms with E-state index in [1.54, 1.807) is 20.8 Å². The number of hydrogen-bond acceptors (Lipinski definition) is 5. The lowest BCUT2D eigenvalue weighted by molar-refractivity contribution is -0.135. The SMILES string of the molecule is C[C@@H]1C(=O)OC(=O)N1C(=O)OC(C)(C)C. The van der Waals surface area contributed by atoms with Crippen molar-refractivity contribution in [3.63, 3.8) is 0 Å². The largest absolute Gasteiger partial charge is 0.443 e. The van der Waals surface area contributed by atoms with Crippen LogP contribution in [0.15, 0.2) is 0 Å². The van der Waals surface area contributed by atoms with Crippen LogP contribution in [0.2, 0.25) is 0 Å². The van der Waals surface area contributed by atoms with E-state index in [2.05, 4.69) is 4.74 Å². The predicted octanol–water partition coefficient (Wildman–Crippen LogP) is 1.29. The molecule has 0 aromatic carbocycles. The summed E-state index contributed by atoms with van der Waals surface area (Å²) in [5, 5.41) is 0. The Morgan fingerprint density at radius 1 is 1.40 bits per heavy atom. The molecule has 1 fully saturated rings. The molecule has 15 heavy (non-hydrogen) atoms. The van der Waals surface area contributed by atoms with Gasteiger partial charge in [-0.1, -0.05) is 0 Å². The number of imide groups is 1. The zero-order valence-electron chi connectivity index (χ0n) is 9.07. The molecule has 1 heterocycles. The molecular formula is C9H13NO5. The summed E-state index contributed by atoms with van der Waals surface area (Å²) in [4.78, 5) is 34.2. The Hall–Kier alpha value is -1.59. The van der Waals surface area contributed by atoms with Gasteiger partial charge in [-0.25, -0.2) is 14.4 Å². The number of rotatable bonds is 0. The molecule has 0 saturated carbocycles. The third-order valence-corrected chi connectivity index (χ3v) is 1.70. The Morgan fingerprint density at radius 2 is 1.93 bits per heavy atom. The summed E-state index contributed by atoms with van der Waals surface area (Å²) in [5.74, 6) is -0.745. The van der Waals surface area contributed by atoms with Gasteiger partial charge in [-0.15, -0.1) is 0 Å². The Morgan fingerprint density at radius 3 is 2.27 bits per heavy atom. The molecule has 0 spiro atoms. The fourth-order valence-corrected chi connectivity index (χ4v) is 1.03. The Labute approximate surface area is 87.1 Å². The summed E-state index contributed by atoms with van der Waals surface area (Å²) in [7, 11) is 0. The molecule has 84 valence electrons.